The molecule has 14 heavy (non-hydrogen) atoms. The van der Waals surface area contributed by atoms with Crippen molar-refractivity contribution in [3.63, 3.8) is 0 Å². The first-order valence-electron chi connectivity index (χ1n) is 4.47. The quantitative estimate of drug-likeness (QED) is 0.802. The largest absolute Gasteiger partial charge is 0.380 e. The van der Waals surface area contributed by atoms with E-state index in [1.807, 2.05) is 24.4 Å². The van der Waals surface area contributed by atoms with Crippen molar-refractivity contribution < 1.29 is 4.74 Å². The fraction of sp³-hybridized carbons (Fsp3) is 0.182. The highest BCUT2D eigenvalue weighted by Gasteiger charge is 1.99. The van der Waals surface area contributed by atoms with Crippen LogP contribution in [0.4, 0.5) is 0 Å². The van der Waals surface area contributed by atoms with Crippen molar-refractivity contribution in [2.24, 2.45) is 0 Å². The van der Waals surface area contributed by atoms with Gasteiger partial charge in [0.2, 0.25) is 0 Å². The van der Waals surface area contributed by atoms with E-state index < -0.39 is 0 Å². The lowest BCUT2D eigenvalue weighted by Gasteiger charge is -2.02. The molecule has 1 aromatic carbocycles. The van der Waals surface area contributed by atoms with Gasteiger partial charge < -0.3 is 9.72 Å². The summed E-state index contributed by atoms with van der Waals surface area (Å²) < 4.78 is 5.07. The van der Waals surface area contributed by atoms with Crippen molar-refractivity contribution in [3.05, 3.63) is 42.4 Å². The van der Waals surface area contributed by atoms with E-state index in [-0.39, 0.29) is 0 Å². The molecular formula is C11H12N2O. The fourth-order valence-corrected chi connectivity index (χ4v) is 1.41. The lowest BCUT2D eigenvalue weighted by molar-refractivity contribution is 0.185. The normalized spacial score (nSPS) is 10.4. The zero-order chi connectivity index (χ0) is 9.80. The van der Waals surface area contributed by atoms with Gasteiger partial charge in [-0.1, -0.05) is 18.2 Å². The molecular weight excluding hydrogens is 176 g/mol. The molecule has 0 radical (unpaired) electrons. The second-order valence-corrected chi connectivity index (χ2v) is 3.10. The van der Waals surface area contributed by atoms with Crippen molar-refractivity contribution >= 4 is 0 Å². The Morgan fingerprint density at radius 2 is 2.36 bits per heavy atom. The number of rotatable bonds is 3. The van der Waals surface area contributed by atoms with Gasteiger partial charge in [0.25, 0.3) is 0 Å². The third-order valence-corrected chi connectivity index (χ3v) is 2.05. The smallest absolute Gasteiger partial charge is 0.0924 e. The van der Waals surface area contributed by atoms with Gasteiger partial charge in [0.15, 0.2) is 0 Å². The van der Waals surface area contributed by atoms with Crippen LogP contribution in [0.25, 0.3) is 11.3 Å². The number of nitrogens with zero attached hydrogens (tertiary/aromatic N) is 1. The Hall–Kier alpha value is -1.61. The molecule has 2 aromatic rings. The number of methoxy groups -OCH3 is 1. The number of H-pyrrole nitrogens is 1. The van der Waals surface area contributed by atoms with Crippen molar-refractivity contribution in [3.8, 4) is 11.3 Å². The van der Waals surface area contributed by atoms with Gasteiger partial charge in [-0.3, -0.25) is 0 Å². The van der Waals surface area contributed by atoms with Gasteiger partial charge in [0.05, 0.1) is 24.8 Å². The molecule has 0 atom stereocenters. The summed E-state index contributed by atoms with van der Waals surface area (Å²) >= 11 is 0. The minimum absolute atomic E-state index is 0.641. The number of benzene rings is 1. The van der Waals surface area contributed by atoms with Crippen LogP contribution in [0.3, 0.4) is 0 Å². The second kappa shape index (κ2) is 4.07. The molecule has 0 saturated heterocycles. The monoisotopic (exact) mass is 188 g/mol. The third kappa shape index (κ3) is 1.83. The van der Waals surface area contributed by atoms with Crippen LogP contribution < -0.4 is 0 Å². The van der Waals surface area contributed by atoms with Gasteiger partial charge in [0.1, 0.15) is 0 Å². The highest BCUT2D eigenvalue weighted by atomic mass is 16.5. The molecule has 3 heteroatoms. The number of aromatic amines is 1. The molecule has 0 amide bonds. The zero-order valence-electron chi connectivity index (χ0n) is 8.03. The van der Waals surface area contributed by atoms with Gasteiger partial charge in [-0.2, -0.15) is 0 Å². The minimum atomic E-state index is 0.641. The molecule has 0 aliphatic rings. The molecule has 1 aromatic heterocycles. The summed E-state index contributed by atoms with van der Waals surface area (Å²) in [6.45, 7) is 0.641. The Balaban J connectivity index is 2.31. The summed E-state index contributed by atoms with van der Waals surface area (Å²) in [5, 5.41) is 0. The van der Waals surface area contributed by atoms with Gasteiger partial charge in [-0.15, -0.1) is 0 Å². The van der Waals surface area contributed by atoms with E-state index in [2.05, 4.69) is 16.0 Å². The number of hydrogen-bond donors (Lipinski definition) is 1. The number of ether oxygens (including phenoxy) is 1. The lowest BCUT2D eigenvalue weighted by atomic mass is 10.1. The Labute approximate surface area is 82.8 Å². The second-order valence-electron chi connectivity index (χ2n) is 3.10. The van der Waals surface area contributed by atoms with Crippen LogP contribution in [0, 0.1) is 0 Å². The van der Waals surface area contributed by atoms with Gasteiger partial charge in [0, 0.05) is 7.11 Å². The number of imidazole rings is 1. The summed E-state index contributed by atoms with van der Waals surface area (Å²) in [6.07, 6.45) is 3.49. The molecule has 0 bridgehead atoms. The van der Waals surface area contributed by atoms with Gasteiger partial charge >= 0.3 is 0 Å². The standard InChI is InChI=1S/C11H12N2O/c1-14-7-9-3-2-4-10(5-9)11-6-12-8-13-11/h2-6,8H,7H2,1H3,(H,12,13). The van der Waals surface area contributed by atoms with Crippen LogP contribution in [0.2, 0.25) is 0 Å². The van der Waals surface area contributed by atoms with E-state index in [9.17, 15) is 0 Å². The summed E-state index contributed by atoms with van der Waals surface area (Å²) in [5.74, 6) is 0. The van der Waals surface area contributed by atoms with E-state index in [0.29, 0.717) is 6.61 Å². The van der Waals surface area contributed by atoms with Crippen LogP contribution in [0.1, 0.15) is 5.56 Å². The Kier molecular flexibility index (Phi) is 2.60. The predicted molar refractivity (Wildman–Crippen MR) is 54.7 cm³/mol. The van der Waals surface area contributed by atoms with Crippen molar-refractivity contribution in [2.75, 3.05) is 7.11 Å². The van der Waals surface area contributed by atoms with E-state index in [1.54, 1.807) is 13.4 Å². The number of aromatic nitrogens is 2. The molecule has 3 nitrogen and oxygen atoms in total. The molecule has 72 valence electrons. The summed E-state index contributed by atoms with van der Waals surface area (Å²) in [5.41, 5.74) is 3.33. The lowest BCUT2D eigenvalue weighted by Crippen LogP contribution is -1.87. The van der Waals surface area contributed by atoms with E-state index in [1.165, 1.54) is 5.56 Å². The Morgan fingerprint density at radius 3 is 3.07 bits per heavy atom. The van der Waals surface area contributed by atoms with Crippen LogP contribution in [-0.2, 0) is 11.3 Å². The molecule has 2 rings (SSSR count). The van der Waals surface area contributed by atoms with Gasteiger partial charge in [-0.05, 0) is 17.2 Å². The molecule has 1 N–H and O–H groups in total. The van der Waals surface area contributed by atoms with E-state index in [0.717, 1.165) is 11.3 Å². The van der Waals surface area contributed by atoms with Crippen LogP contribution in [0.15, 0.2) is 36.8 Å². The molecule has 0 aliphatic carbocycles. The Morgan fingerprint density at radius 1 is 1.43 bits per heavy atom. The third-order valence-electron chi connectivity index (χ3n) is 2.05. The maximum absolute atomic E-state index is 5.07. The van der Waals surface area contributed by atoms with E-state index in [4.69, 9.17) is 4.74 Å². The first kappa shape index (κ1) is 8.97. The maximum Gasteiger partial charge on any atom is 0.0924 e. The average Bonchev–Trinajstić information content (AvgIpc) is 2.71. The Bertz CT molecular complexity index is 395. The topological polar surface area (TPSA) is 37.9 Å². The van der Waals surface area contributed by atoms with Gasteiger partial charge in [-0.25, -0.2) is 4.98 Å². The van der Waals surface area contributed by atoms with Crippen molar-refractivity contribution in [1.29, 1.82) is 0 Å². The summed E-state index contributed by atoms with van der Waals surface area (Å²) in [6, 6.07) is 8.21. The highest BCUT2D eigenvalue weighted by Crippen LogP contribution is 2.17. The average molecular weight is 188 g/mol. The fourth-order valence-electron chi connectivity index (χ4n) is 1.41. The summed E-state index contributed by atoms with van der Waals surface area (Å²) in [4.78, 5) is 7.06. The van der Waals surface area contributed by atoms with Crippen LogP contribution >= 0.6 is 0 Å². The van der Waals surface area contributed by atoms with E-state index >= 15 is 0 Å². The molecule has 0 spiro atoms. The van der Waals surface area contributed by atoms with Crippen LogP contribution in [0.5, 0.6) is 0 Å². The first-order chi connectivity index (χ1) is 6.90. The zero-order valence-corrected chi connectivity index (χ0v) is 8.03. The first-order valence-corrected chi connectivity index (χ1v) is 4.47. The minimum Gasteiger partial charge on any atom is -0.380 e. The van der Waals surface area contributed by atoms with Crippen molar-refractivity contribution in [1.82, 2.24) is 9.97 Å². The number of hydrogen-bond acceptors (Lipinski definition) is 2. The maximum atomic E-state index is 5.07. The SMILES string of the molecule is COCc1cccc(-c2cnc[nH]2)c1. The molecule has 0 aliphatic heterocycles. The molecule has 0 unspecified atom stereocenters. The molecule has 0 saturated carbocycles. The predicted octanol–water partition coefficient (Wildman–Crippen LogP) is 2.22. The summed E-state index contributed by atoms with van der Waals surface area (Å²) in [7, 11) is 1.70. The van der Waals surface area contributed by atoms with Crippen LogP contribution in [-0.4, -0.2) is 17.1 Å². The molecule has 0 fully saturated rings. The van der Waals surface area contributed by atoms with Crippen molar-refractivity contribution in [2.45, 2.75) is 6.61 Å². The number of nitrogens with one attached hydrogen (secondary N) is 1. The highest BCUT2D eigenvalue weighted by molar-refractivity contribution is 5.58. The molecule has 1 heterocycles.